The van der Waals surface area contributed by atoms with E-state index in [0.717, 1.165) is 12.8 Å². The molecule has 0 aliphatic heterocycles. The largest absolute Gasteiger partial charge is 0.368 e. The number of hydrogen-bond acceptors (Lipinski definition) is 7. The summed E-state index contributed by atoms with van der Waals surface area (Å²) in [6.45, 7) is 0.769. The van der Waals surface area contributed by atoms with Gasteiger partial charge < -0.3 is 16.0 Å². The minimum atomic E-state index is 0.0323. The van der Waals surface area contributed by atoms with Crippen LogP contribution in [-0.4, -0.2) is 59.5 Å². The molecule has 0 unspecified atom stereocenters. The van der Waals surface area contributed by atoms with Crippen LogP contribution in [0.1, 0.15) is 18.7 Å². The standard InChI is InChI=1S/C12H21N7O/c1-18(2)12-16-9(15-11(13)17-12)6-19(3)7-10(20)14-8-4-5-8/h8H,4-7H2,1-3H3,(H,14,20)(H2,13,15,16,17). The van der Waals surface area contributed by atoms with Gasteiger partial charge in [0.05, 0.1) is 13.1 Å². The molecule has 1 aromatic heterocycles. The first-order valence-corrected chi connectivity index (χ1v) is 6.59. The number of likely N-dealkylation sites (N-methyl/N-ethyl adjacent to an activating group) is 1. The van der Waals surface area contributed by atoms with Crippen molar-refractivity contribution in [3.8, 4) is 0 Å². The number of rotatable bonds is 6. The predicted octanol–water partition coefficient (Wildman–Crippen LogP) is -0.770. The maximum atomic E-state index is 11.7. The van der Waals surface area contributed by atoms with E-state index in [0.29, 0.717) is 30.9 Å². The lowest BCUT2D eigenvalue weighted by Crippen LogP contribution is -2.36. The van der Waals surface area contributed by atoms with Gasteiger partial charge in [-0.25, -0.2) is 0 Å². The van der Waals surface area contributed by atoms with Gasteiger partial charge in [0, 0.05) is 20.1 Å². The molecule has 0 aromatic carbocycles. The summed E-state index contributed by atoms with van der Waals surface area (Å²) >= 11 is 0. The van der Waals surface area contributed by atoms with Gasteiger partial charge in [0.2, 0.25) is 17.8 Å². The summed E-state index contributed by atoms with van der Waals surface area (Å²) in [5.41, 5.74) is 5.66. The molecule has 1 saturated carbocycles. The Hall–Kier alpha value is -1.96. The van der Waals surface area contributed by atoms with Crippen LogP contribution in [0.4, 0.5) is 11.9 Å². The van der Waals surface area contributed by atoms with E-state index in [2.05, 4.69) is 20.3 Å². The molecule has 1 heterocycles. The summed E-state index contributed by atoms with van der Waals surface area (Å²) in [7, 11) is 5.53. The third-order valence-corrected chi connectivity index (χ3v) is 2.85. The van der Waals surface area contributed by atoms with Gasteiger partial charge in [-0.2, -0.15) is 15.0 Å². The predicted molar refractivity (Wildman–Crippen MR) is 76.1 cm³/mol. The summed E-state index contributed by atoms with van der Waals surface area (Å²) in [4.78, 5) is 27.7. The Bertz CT molecular complexity index is 487. The lowest BCUT2D eigenvalue weighted by molar-refractivity contribution is -0.122. The smallest absolute Gasteiger partial charge is 0.234 e. The van der Waals surface area contributed by atoms with Crippen LogP contribution in [0.15, 0.2) is 0 Å². The Morgan fingerprint density at radius 1 is 1.30 bits per heavy atom. The summed E-state index contributed by atoms with van der Waals surface area (Å²) < 4.78 is 0. The molecule has 1 aromatic rings. The van der Waals surface area contributed by atoms with Crippen molar-refractivity contribution in [3.63, 3.8) is 0 Å². The Kier molecular flexibility index (Phi) is 4.33. The lowest BCUT2D eigenvalue weighted by Gasteiger charge is -2.16. The second kappa shape index (κ2) is 6.00. The summed E-state index contributed by atoms with van der Waals surface area (Å²) in [6, 6.07) is 0.379. The van der Waals surface area contributed by atoms with Crippen LogP contribution in [0.5, 0.6) is 0 Å². The van der Waals surface area contributed by atoms with Gasteiger partial charge in [-0.1, -0.05) is 0 Å². The molecular formula is C12H21N7O. The maximum absolute atomic E-state index is 11.7. The molecule has 3 N–H and O–H groups in total. The van der Waals surface area contributed by atoms with Gasteiger partial charge in [-0.3, -0.25) is 9.69 Å². The van der Waals surface area contributed by atoms with Gasteiger partial charge in [-0.05, 0) is 19.9 Å². The number of nitrogens with zero attached hydrogens (tertiary/aromatic N) is 5. The topological polar surface area (TPSA) is 100 Å². The molecule has 20 heavy (non-hydrogen) atoms. The van der Waals surface area contributed by atoms with Crippen molar-refractivity contribution in [1.82, 2.24) is 25.2 Å². The fourth-order valence-corrected chi connectivity index (χ4v) is 1.74. The highest BCUT2D eigenvalue weighted by atomic mass is 16.2. The van der Waals surface area contributed by atoms with E-state index < -0.39 is 0 Å². The third-order valence-electron chi connectivity index (χ3n) is 2.85. The van der Waals surface area contributed by atoms with Crippen LogP contribution in [0, 0.1) is 0 Å². The first-order valence-electron chi connectivity index (χ1n) is 6.59. The first-order chi connectivity index (χ1) is 9.44. The first kappa shape index (κ1) is 14.4. The molecule has 110 valence electrons. The van der Waals surface area contributed by atoms with E-state index in [1.807, 2.05) is 26.0 Å². The van der Waals surface area contributed by atoms with Crippen molar-refractivity contribution in [3.05, 3.63) is 5.82 Å². The van der Waals surface area contributed by atoms with Crippen molar-refractivity contribution in [2.75, 3.05) is 38.3 Å². The molecule has 1 aliphatic carbocycles. The molecular weight excluding hydrogens is 258 g/mol. The molecule has 1 amide bonds. The zero-order valence-electron chi connectivity index (χ0n) is 12.1. The number of hydrogen-bond donors (Lipinski definition) is 2. The molecule has 2 rings (SSSR count). The third kappa shape index (κ3) is 4.30. The quantitative estimate of drug-likeness (QED) is 0.705. The Balaban J connectivity index is 1.92. The average Bonchev–Trinajstić information content (AvgIpc) is 3.11. The van der Waals surface area contributed by atoms with E-state index in [9.17, 15) is 4.79 Å². The fraction of sp³-hybridized carbons (Fsp3) is 0.667. The van der Waals surface area contributed by atoms with Gasteiger partial charge in [0.1, 0.15) is 5.82 Å². The number of aromatic nitrogens is 3. The molecule has 0 spiro atoms. The van der Waals surface area contributed by atoms with Crippen molar-refractivity contribution in [2.45, 2.75) is 25.4 Å². The van der Waals surface area contributed by atoms with Gasteiger partial charge in [0.25, 0.3) is 0 Å². The van der Waals surface area contributed by atoms with Crippen LogP contribution in [0.25, 0.3) is 0 Å². The fourth-order valence-electron chi connectivity index (χ4n) is 1.74. The molecule has 1 fully saturated rings. The van der Waals surface area contributed by atoms with E-state index in [1.54, 1.807) is 4.90 Å². The van der Waals surface area contributed by atoms with Crippen molar-refractivity contribution in [2.24, 2.45) is 0 Å². The number of nitrogens with one attached hydrogen (secondary N) is 1. The van der Waals surface area contributed by atoms with Gasteiger partial charge in [0.15, 0.2) is 0 Å². The molecule has 1 aliphatic rings. The lowest BCUT2D eigenvalue weighted by atomic mass is 10.4. The Labute approximate surface area is 118 Å². The molecule has 0 saturated heterocycles. The minimum Gasteiger partial charge on any atom is -0.368 e. The van der Waals surface area contributed by atoms with Gasteiger partial charge >= 0.3 is 0 Å². The second-order valence-corrected chi connectivity index (χ2v) is 5.32. The highest BCUT2D eigenvalue weighted by Crippen LogP contribution is 2.18. The highest BCUT2D eigenvalue weighted by molar-refractivity contribution is 5.78. The molecule has 8 nitrogen and oxygen atoms in total. The highest BCUT2D eigenvalue weighted by Gasteiger charge is 2.23. The zero-order valence-corrected chi connectivity index (χ0v) is 12.1. The summed E-state index contributed by atoms with van der Waals surface area (Å²) in [5, 5.41) is 2.94. The average molecular weight is 279 g/mol. The Morgan fingerprint density at radius 2 is 2.00 bits per heavy atom. The van der Waals surface area contributed by atoms with E-state index in [-0.39, 0.29) is 11.9 Å². The van der Waals surface area contributed by atoms with E-state index >= 15 is 0 Å². The molecule has 8 heteroatoms. The SMILES string of the molecule is CN(CC(=O)NC1CC1)Cc1nc(N)nc(N(C)C)n1. The molecule has 0 atom stereocenters. The number of anilines is 2. The summed E-state index contributed by atoms with van der Waals surface area (Å²) in [5.74, 6) is 1.30. The van der Waals surface area contributed by atoms with Gasteiger partial charge in [-0.15, -0.1) is 0 Å². The normalized spacial score (nSPS) is 14.4. The number of nitrogen functional groups attached to an aromatic ring is 1. The van der Waals surface area contributed by atoms with Crippen LogP contribution in [0.2, 0.25) is 0 Å². The van der Waals surface area contributed by atoms with Crippen molar-refractivity contribution in [1.29, 1.82) is 0 Å². The second-order valence-electron chi connectivity index (χ2n) is 5.32. The number of carbonyl (C=O) groups is 1. The Morgan fingerprint density at radius 3 is 2.60 bits per heavy atom. The van der Waals surface area contributed by atoms with Crippen LogP contribution in [-0.2, 0) is 11.3 Å². The maximum Gasteiger partial charge on any atom is 0.234 e. The monoisotopic (exact) mass is 279 g/mol. The zero-order chi connectivity index (χ0) is 14.7. The number of carbonyl (C=O) groups excluding carboxylic acids is 1. The minimum absolute atomic E-state index is 0.0323. The van der Waals surface area contributed by atoms with Crippen LogP contribution < -0.4 is 16.0 Å². The van der Waals surface area contributed by atoms with E-state index in [4.69, 9.17) is 5.73 Å². The van der Waals surface area contributed by atoms with Crippen molar-refractivity contribution < 1.29 is 4.79 Å². The van der Waals surface area contributed by atoms with Crippen LogP contribution >= 0.6 is 0 Å². The van der Waals surface area contributed by atoms with E-state index in [1.165, 1.54) is 0 Å². The van der Waals surface area contributed by atoms with Crippen LogP contribution in [0.3, 0.4) is 0 Å². The van der Waals surface area contributed by atoms with Crippen molar-refractivity contribution >= 4 is 17.8 Å². The number of nitrogens with two attached hydrogens (primary N) is 1. The molecule has 0 bridgehead atoms. The summed E-state index contributed by atoms with van der Waals surface area (Å²) in [6.07, 6.45) is 2.18. The molecule has 0 radical (unpaired) electrons. The number of amides is 1.